The molecule has 0 spiro atoms. The molecule has 0 heterocycles. The van der Waals surface area contributed by atoms with Gasteiger partial charge in [-0.05, 0) is 49.3 Å². The average Bonchev–Trinajstić information content (AvgIpc) is 2.32. The summed E-state index contributed by atoms with van der Waals surface area (Å²) in [7, 11) is 0. The van der Waals surface area contributed by atoms with E-state index in [0.29, 0.717) is 10.9 Å². The van der Waals surface area contributed by atoms with Gasteiger partial charge in [-0.25, -0.2) is 0 Å². The number of aromatic hydroxyl groups is 1. The minimum Gasteiger partial charge on any atom is -0.507 e. The van der Waals surface area contributed by atoms with Crippen molar-refractivity contribution in [1.82, 2.24) is 5.32 Å². The van der Waals surface area contributed by atoms with E-state index in [1.165, 1.54) is 6.07 Å². The second-order valence-electron chi connectivity index (χ2n) is 5.64. The van der Waals surface area contributed by atoms with Crippen LogP contribution in [0.4, 0.5) is 0 Å². The normalized spacial score (nSPS) is 27.0. The number of rotatable bonds is 2. The molecule has 1 aliphatic carbocycles. The van der Waals surface area contributed by atoms with Gasteiger partial charge in [-0.2, -0.15) is 0 Å². The number of benzene rings is 1. The van der Waals surface area contributed by atoms with E-state index >= 15 is 0 Å². The number of phenolic OH excluding ortho intramolecular Hbond substituents is 1. The standard InChI is InChI=1S/C15H20ClNO2/c1-9-3-6-13(10(2)7-9)17-15(19)12-5-4-11(16)8-14(12)18/h4-5,8-10,13,18H,3,6-7H2,1-2H3,(H,17,19). The smallest absolute Gasteiger partial charge is 0.255 e. The summed E-state index contributed by atoms with van der Waals surface area (Å²) >= 11 is 5.76. The van der Waals surface area contributed by atoms with Gasteiger partial charge < -0.3 is 10.4 Å². The van der Waals surface area contributed by atoms with Crippen molar-refractivity contribution in [3.63, 3.8) is 0 Å². The third-order valence-electron chi connectivity index (χ3n) is 3.95. The second kappa shape index (κ2) is 5.83. The molecule has 3 nitrogen and oxygen atoms in total. The van der Waals surface area contributed by atoms with Crippen LogP contribution in [0.1, 0.15) is 43.5 Å². The Morgan fingerprint density at radius 2 is 2.11 bits per heavy atom. The van der Waals surface area contributed by atoms with Crippen LogP contribution in [-0.2, 0) is 0 Å². The van der Waals surface area contributed by atoms with E-state index in [1.54, 1.807) is 12.1 Å². The molecule has 3 atom stereocenters. The zero-order valence-corrected chi connectivity index (χ0v) is 12.1. The van der Waals surface area contributed by atoms with Gasteiger partial charge in [0.2, 0.25) is 0 Å². The van der Waals surface area contributed by atoms with Crippen LogP contribution in [0.15, 0.2) is 18.2 Å². The van der Waals surface area contributed by atoms with Gasteiger partial charge in [-0.3, -0.25) is 4.79 Å². The molecule has 0 bridgehead atoms. The van der Waals surface area contributed by atoms with E-state index in [0.717, 1.165) is 25.2 Å². The number of nitrogens with one attached hydrogen (secondary N) is 1. The van der Waals surface area contributed by atoms with Gasteiger partial charge >= 0.3 is 0 Å². The molecule has 1 amide bonds. The molecule has 19 heavy (non-hydrogen) atoms. The molecule has 1 fully saturated rings. The summed E-state index contributed by atoms with van der Waals surface area (Å²) in [4.78, 5) is 12.2. The van der Waals surface area contributed by atoms with Crippen molar-refractivity contribution in [3.05, 3.63) is 28.8 Å². The molecule has 3 unspecified atom stereocenters. The minimum absolute atomic E-state index is 0.0677. The Bertz CT molecular complexity index is 475. The van der Waals surface area contributed by atoms with Crippen LogP contribution < -0.4 is 5.32 Å². The Kier molecular flexibility index (Phi) is 4.35. The molecular weight excluding hydrogens is 262 g/mol. The first-order valence-electron chi connectivity index (χ1n) is 6.76. The summed E-state index contributed by atoms with van der Waals surface area (Å²) in [5.74, 6) is 0.914. The fourth-order valence-electron chi connectivity index (χ4n) is 2.82. The van der Waals surface area contributed by atoms with E-state index in [-0.39, 0.29) is 23.3 Å². The molecule has 0 saturated heterocycles. The van der Waals surface area contributed by atoms with Crippen LogP contribution in [-0.4, -0.2) is 17.1 Å². The molecule has 1 aliphatic rings. The number of hydrogen-bond donors (Lipinski definition) is 2. The molecule has 0 aromatic heterocycles. The number of halogens is 1. The van der Waals surface area contributed by atoms with Crippen molar-refractivity contribution >= 4 is 17.5 Å². The van der Waals surface area contributed by atoms with Crippen molar-refractivity contribution in [2.75, 3.05) is 0 Å². The first-order valence-corrected chi connectivity index (χ1v) is 7.14. The highest BCUT2D eigenvalue weighted by Gasteiger charge is 2.27. The maximum atomic E-state index is 12.2. The quantitative estimate of drug-likeness (QED) is 0.870. The Balaban J connectivity index is 2.04. The number of carbonyl (C=O) groups is 1. The van der Waals surface area contributed by atoms with Crippen molar-refractivity contribution in [2.45, 2.75) is 39.2 Å². The van der Waals surface area contributed by atoms with E-state index < -0.39 is 0 Å². The molecule has 0 radical (unpaired) electrons. The summed E-state index contributed by atoms with van der Waals surface area (Å²) in [5.41, 5.74) is 0.287. The summed E-state index contributed by atoms with van der Waals surface area (Å²) < 4.78 is 0. The SMILES string of the molecule is CC1CCC(NC(=O)c2ccc(Cl)cc2O)C(C)C1. The average molecular weight is 282 g/mol. The lowest BCUT2D eigenvalue weighted by atomic mass is 9.80. The van der Waals surface area contributed by atoms with Gasteiger partial charge in [0.25, 0.3) is 5.91 Å². The highest BCUT2D eigenvalue weighted by Crippen LogP contribution is 2.29. The molecule has 2 N–H and O–H groups in total. The zero-order valence-electron chi connectivity index (χ0n) is 11.3. The minimum atomic E-state index is -0.222. The van der Waals surface area contributed by atoms with Crippen LogP contribution in [0.5, 0.6) is 5.75 Å². The van der Waals surface area contributed by atoms with Gasteiger partial charge in [0.1, 0.15) is 5.75 Å². The van der Waals surface area contributed by atoms with Crippen LogP contribution in [0, 0.1) is 11.8 Å². The van der Waals surface area contributed by atoms with Crippen LogP contribution in [0.2, 0.25) is 5.02 Å². The third kappa shape index (κ3) is 3.41. The lowest BCUT2D eigenvalue weighted by Gasteiger charge is -2.33. The van der Waals surface area contributed by atoms with Crippen LogP contribution >= 0.6 is 11.6 Å². The maximum Gasteiger partial charge on any atom is 0.255 e. The molecule has 1 saturated carbocycles. The summed E-state index contributed by atoms with van der Waals surface area (Å²) in [5, 5.41) is 13.2. The molecule has 1 aromatic rings. The van der Waals surface area contributed by atoms with E-state index in [9.17, 15) is 9.90 Å². The van der Waals surface area contributed by atoms with Gasteiger partial charge in [0.15, 0.2) is 0 Å². The lowest BCUT2D eigenvalue weighted by Crippen LogP contribution is -2.42. The first-order chi connectivity index (χ1) is 8.97. The maximum absolute atomic E-state index is 12.2. The van der Waals surface area contributed by atoms with Crippen molar-refractivity contribution in [3.8, 4) is 5.75 Å². The monoisotopic (exact) mass is 281 g/mol. The van der Waals surface area contributed by atoms with Crippen LogP contribution in [0.25, 0.3) is 0 Å². The molecule has 0 aliphatic heterocycles. The third-order valence-corrected chi connectivity index (χ3v) is 4.19. The largest absolute Gasteiger partial charge is 0.507 e. The van der Waals surface area contributed by atoms with E-state index in [4.69, 9.17) is 11.6 Å². The van der Waals surface area contributed by atoms with Gasteiger partial charge in [0.05, 0.1) is 5.56 Å². The van der Waals surface area contributed by atoms with Crippen LogP contribution in [0.3, 0.4) is 0 Å². The molecule has 104 valence electrons. The topological polar surface area (TPSA) is 49.3 Å². The van der Waals surface area contributed by atoms with Gasteiger partial charge in [0, 0.05) is 11.1 Å². The number of phenols is 1. The van der Waals surface area contributed by atoms with Gasteiger partial charge in [-0.15, -0.1) is 0 Å². The summed E-state index contributed by atoms with van der Waals surface area (Å²) in [6.07, 6.45) is 3.28. The van der Waals surface area contributed by atoms with Crippen molar-refractivity contribution in [1.29, 1.82) is 0 Å². The molecule has 4 heteroatoms. The predicted octanol–water partition coefficient (Wildman–Crippen LogP) is 3.60. The van der Waals surface area contributed by atoms with E-state index in [1.807, 2.05) is 0 Å². The Morgan fingerprint density at radius 1 is 1.37 bits per heavy atom. The Labute approximate surface area is 119 Å². The fraction of sp³-hybridized carbons (Fsp3) is 0.533. The van der Waals surface area contributed by atoms with E-state index in [2.05, 4.69) is 19.2 Å². The Hall–Kier alpha value is -1.22. The highest BCUT2D eigenvalue weighted by atomic mass is 35.5. The second-order valence-corrected chi connectivity index (χ2v) is 6.07. The highest BCUT2D eigenvalue weighted by molar-refractivity contribution is 6.30. The lowest BCUT2D eigenvalue weighted by molar-refractivity contribution is 0.0897. The molecule has 2 rings (SSSR count). The molecule has 1 aromatic carbocycles. The first kappa shape index (κ1) is 14.2. The summed E-state index contributed by atoms with van der Waals surface area (Å²) in [6, 6.07) is 4.76. The number of hydrogen-bond acceptors (Lipinski definition) is 2. The van der Waals surface area contributed by atoms with Gasteiger partial charge in [-0.1, -0.05) is 25.4 Å². The zero-order chi connectivity index (χ0) is 14.0. The Morgan fingerprint density at radius 3 is 2.74 bits per heavy atom. The van der Waals surface area contributed by atoms with Crippen molar-refractivity contribution < 1.29 is 9.90 Å². The fourth-order valence-corrected chi connectivity index (χ4v) is 2.99. The van der Waals surface area contributed by atoms with Crippen molar-refractivity contribution in [2.24, 2.45) is 11.8 Å². The number of amides is 1. The summed E-state index contributed by atoms with van der Waals surface area (Å²) in [6.45, 7) is 4.42. The predicted molar refractivity (Wildman–Crippen MR) is 76.6 cm³/mol. The molecular formula is C15H20ClNO2. The number of carbonyl (C=O) groups excluding carboxylic acids is 1.